The van der Waals surface area contributed by atoms with Gasteiger partial charge in [0.15, 0.2) is 5.82 Å². The molecule has 0 radical (unpaired) electrons. The van der Waals surface area contributed by atoms with E-state index in [1.54, 1.807) is 0 Å². The van der Waals surface area contributed by atoms with Gasteiger partial charge in [0.25, 0.3) is 0 Å². The number of hydrogen-bond donors (Lipinski definition) is 2. The topological polar surface area (TPSA) is 99.8 Å². The summed E-state index contributed by atoms with van der Waals surface area (Å²) in [5.41, 5.74) is 3.62. The molecule has 2 fully saturated rings. The first-order chi connectivity index (χ1) is 18.8. The second-order valence-corrected chi connectivity index (χ2v) is 11.3. The molecule has 9 heteroatoms. The number of hydrogen-bond acceptors (Lipinski definition) is 8. The number of benzene rings is 1. The molecule has 9 nitrogen and oxygen atoms in total. The van der Waals surface area contributed by atoms with E-state index in [2.05, 4.69) is 15.9 Å². The molecule has 0 saturated carbocycles. The van der Waals surface area contributed by atoms with Crippen LogP contribution < -0.4 is 4.90 Å². The summed E-state index contributed by atoms with van der Waals surface area (Å²) in [6.07, 6.45) is 2.62. The fraction of sp³-hybridized carbons (Fsp3) is 0.500. The Morgan fingerprint density at radius 3 is 2.44 bits per heavy atom. The lowest BCUT2D eigenvalue weighted by atomic mass is 9.83. The van der Waals surface area contributed by atoms with Crippen molar-refractivity contribution in [2.45, 2.75) is 52.2 Å². The molecular weight excluding hydrogens is 492 g/mol. The number of pyridine rings is 1. The summed E-state index contributed by atoms with van der Waals surface area (Å²) in [4.78, 5) is 19.8. The monoisotopic (exact) mass is 530 g/mol. The molecule has 4 aromatic rings. The lowest BCUT2D eigenvalue weighted by Crippen LogP contribution is -2.41. The summed E-state index contributed by atoms with van der Waals surface area (Å²) in [6, 6.07) is 12.0. The van der Waals surface area contributed by atoms with Gasteiger partial charge in [-0.15, -0.1) is 0 Å². The zero-order chi connectivity index (χ0) is 27.1. The van der Waals surface area contributed by atoms with Crippen LogP contribution in [0.3, 0.4) is 0 Å². The molecule has 2 aliphatic rings. The van der Waals surface area contributed by atoms with Crippen LogP contribution in [0.15, 0.2) is 36.4 Å². The zero-order valence-corrected chi connectivity index (χ0v) is 23.1. The SMILES string of the molecule is CCc1c(O)c2ccccc2n1-c1nc(N2CCOCC2)c2nc(CN3CCC(C(C)(C)O)CC3)ccc2n1. The van der Waals surface area contributed by atoms with Crippen molar-refractivity contribution in [2.75, 3.05) is 44.3 Å². The van der Waals surface area contributed by atoms with E-state index in [1.165, 1.54) is 0 Å². The summed E-state index contributed by atoms with van der Waals surface area (Å²) >= 11 is 0. The first kappa shape index (κ1) is 26.0. The molecule has 0 atom stereocenters. The van der Waals surface area contributed by atoms with Crippen LogP contribution in [0.5, 0.6) is 5.75 Å². The van der Waals surface area contributed by atoms with Crippen molar-refractivity contribution in [2.24, 2.45) is 5.92 Å². The molecule has 2 aliphatic heterocycles. The number of aromatic nitrogens is 4. The number of nitrogens with zero attached hydrogens (tertiary/aromatic N) is 6. The van der Waals surface area contributed by atoms with E-state index in [0.29, 0.717) is 31.5 Å². The van der Waals surface area contributed by atoms with Crippen molar-refractivity contribution in [1.29, 1.82) is 0 Å². The highest BCUT2D eigenvalue weighted by Gasteiger charge is 2.31. The van der Waals surface area contributed by atoms with Crippen molar-refractivity contribution in [3.05, 3.63) is 47.8 Å². The minimum atomic E-state index is -0.630. The Morgan fingerprint density at radius 1 is 0.974 bits per heavy atom. The first-order valence-electron chi connectivity index (χ1n) is 14.1. The molecule has 2 N–H and O–H groups in total. The third-order valence-corrected chi connectivity index (χ3v) is 8.33. The van der Waals surface area contributed by atoms with Gasteiger partial charge in [0, 0.05) is 25.0 Å². The number of para-hydroxylation sites is 1. The second kappa shape index (κ2) is 10.4. The number of piperidine rings is 1. The zero-order valence-electron chi connectivity index (χ0n) is 23.1. The van der Waals surface area contributed by atoms with Crippen LogP contribution in [-0.2, 0) is 17.7 Å². The Kier molecular flexibility index (Phi) is 6.91. The number of aliphatic hydroxyl groups is 1. The number of rotatable bonds is 6. The summed E-state index contributed by atoms with van der Waals surface area (Å²) < 4.78 is 7.62. The van der Waals surface area contributed by atoms with Gasteiger partial charge in [-0.3, -0.25) is 9.47 Å². The van der Waals surface area contributed by atoms with Crippen LogP contribution in [0.25, 0.3) is 27.9 Å². The van der Waals surface area contributed by atoms with Gasteiger partial charge in [0.1, 0.15) is 11.3 Å². The van der Waals surface area contributed by atoms with Gasteiger partial charge < -0.3 is 19.8 Å². The van der Waals surface area contributed by atoms with E-state index in [0.717, 1.165) is 84.7 Å². The van der Waals surface area contributed by atoms with Gasteiger partial charge in [0.05, 0.1) is 41.2 Å². The third-order valence-electron chi connectivity index (χ3n) is 8.33. The minimum Gasteiger partial charge on any atom is -0.505 e. The maximum Gasteiger partial charge on any atom is 0.237 e. The molecule has 2 saturated heterocycles. The lowest BCUT2D eigenvalue weighted by molar-refractivity contribution is -0.0137. The van der Waals surface area contributed by atoms with E-state index < -0.39 is 5.60 Å². The van der Waals surface area contributed by atoms with Crippen molar-refractivity contribution >= 4 is 27.8 Å². The van der Waals surface area contributed by atoms with Crippen LogP contribution in [0.2, 0.25) is 0 Å². The van der Waals surface area contributed by atoms with Gasteiger partial charge in [-0.2, -0.15) is 4.98 Å². The summed E-state index contributed by atoms with van der Waals surface area (Å²) in [5.74, 6) is 1.96. The fourth-order valence-corrected chi connectivity index (χ4v) is 6.07. The highest BCUT2D eigenvalue weighted by atomic mass is 16.5. The standard InChI is InChI=1S/C30H38N6O3/c1-4-24-27(37)22-7-5-6-8-25(22)36(24)29-32-23-10-9-21(19-34-13-11-20(12-14-34)30(2,3)38)31-26(23)28(33-29)35-15-17-39-18-16-35/h5-10,20,37-38H,4,11-19H2,1-3H3. The summed E-state index contributed by atoms with van der Waals surface area (Å²) in [6.45, 7) is 11.3. The molecule has 6 rings (SSSR count). The number of ether oxygens (including phenoxy) is 1. The van der Waals surface area contributed by atoms with Crippen LogP contribution in [0, 0.1) is 5.92 Å². The highest BCUT2D eigenvalue weighted by molar-refractivity contribution is 5.91. The van der Waals surface area contributed by atoms with E-state index in [9.17, 15) is 10.2 Å². The maximum atomic E-state index is 11.0. The molecule has 0 bridgehead atoms. The Morgan fingerprint density at radius 2 is 1.72 bits per heavy atom. The first-order valence-corrected chi connectivity index (χ1v) is 14.1. The summed E-state index contributed by atoms with van der Waals surface area (Å²) in [5, 5.41) is 22.2. The number of likely N-dealkylation sites (tertiary alicyclic amines) is 1. The molecule has 206 valence electrons. The molecule has 1 aromatic carbocycles. The van der Waals surface area contributed by atoms with Gasteiger partial charge in [0.2, 0.25) is 5.95 Å². The predicted molar refractivity (Wildman–Crippen MR) is 153 cm³/mol. The van der Waals surface area contributed by atoms with Gasteiger partial charge in [-0.05, 0) is 76.4 Å². The van der Waals surface area contributed by atoms with Crippen LogP contribution in [0.1, 0.15) is 45.0 Å². The predicted octanol–water partition coefficient (Wildman–Crippen LogP) is 4.06. The van der Waals surface area contributed by atoms with Gasteiger partial charge >= 0.3 is 0 Å². The van der Waals surface area contributed by atoms with Gasteiger partial charge in [-0.25, -0.2) is 9.97 Å². The van der Waals surface area contributed by atoms with Crippen molar-refractivity contribution < 1.29 is 14.9 Å². The van der Waals surface area contributed by atoms with Crippen LogP contribution in [-0.4, -0.2) is 79.6 Å². The van der Waals surface area contributed by atoms with Crippen LogP contribution >= 0.6 is 0 Å². The Bertz CT molecular complexity index is 1480. The molecular formula is C30H38N6O3. The Hall–Kier alpha value is -3.27. The van der Waals surface area contributed by atoms with E-state index in [4.69, 9.17) is 19.7 Å². The largest absolute Gasteiger partial charge is 0.505 e. The van der Waals surface area contributed by atoms with Crippen LogP contribution in [0.4, 0.5) is 5.82 Å². The molecule has 5 heterocycles. The number of aromatic hydroxyl groups is 1. The Labute approximate surface area is 229 Å². The molecule has 39 heavy (non-hydrogen) atoms. The van der Waals surface area contributed by atoms with Crippen molar-refractivity contribution in [1.82, 2.24) is 24.4 Å². The molecule has 0 unspecified atom stereocenters. The van der Waals surface area contributed by atoms with E-state index in [-0.39, 0.29) is 5.75 Å². The highest BCUT2D eigenvalue weighted by Crippen LogP contribution is 2.35. The Balaban J connectivity index is 1.40. The third kappa shape index (κ3) is 4.95. The average Bonchev–Trinajstić information content (AvgIpc) is 3.24. The molecule has 0 amide bonds. The minimum absolute atomic E-state index is 0.284. The quantitative estimate of drug-likeness (QED) is 0.385. The molecule has 3 aromatic heterocycles. The second-order valence-electron chi connectivity index (χ2n) is 11.3. The smallest absolute Gasteiger partial charge is 0.237 e. The number of anilines is 1. The normalized spacial score (nSPS) is 17.9. The van der Waals surface area contributed by atoms with Crippen molar-refractivity contribution in [3.8, 4) is 11.7 Å². The molecule has 0 spiro atoms. The van der Waals surface area contributed by atoms with Crippen molar-refractivity contribution in [3.63, 3.8) is 0 Å². The van der Waals surface area contributed by atoms with E-state index in [1.807, 2.05) is 55.7 Å². The maximum absolute atomic E-state index is 11.0. The van der Waals surface area contributed by atoms with E-state index >= 15 is 0 Å². The number of morpholine rings is 1. The van der Waals surface area contributed by atoms with Gasteiger partial charge in [-0.1, -0.05) is 19.1 Å². The fourth-order valence-electron chi connectivity index (χ4n) is 6.07. The molecule has 0 aliphatic carbocycles. The summed E-state index contributed by atoms with van der Waals surface area (Å²) in [7, 11) is 0. The number of fused-ring (bicyclic) bond motifs is 2. The lowest BCUT2D eigenvalue weighted by Gasteiger charge is -2.37. The average molecular weight is 531 g/mol.